The SMILES string of the molecule is CCC[C@H](C)Oc1nc(N)c2ncc(Cc3cnc(N4CCN(C(=O)CN(C)C)CC4)c(C)c3)n2n1. The van der Waals surface area contributed by atoms with Crippen molar-refractivity contribution >= 4 is 23.2 Å². The van der Waals surface area contributed by atoms with Crippen LogP contribution in [-0.4, -0.2) is 93.2 Å². The number of amides is 1. The number of hydrogen-bond acceptors (Lipinski definition) is 9. The van der Waals surface area contributed by atoms with E-state index in [-0.39, 0.29) is 18.0 Å². The van der Waals surface area contributed by atoms with Crippen molar-refractivity contribution in [2.75, 3.05) is 57.5 Å². The first-order valence-electron chi connectivity index (χ1n) is 12.5. The van der Waals surface area contributed by atoms with Gasteiger partial charge in [0, 0.05) is 38.8 Å². The van der Waals surface area contributed by atoms with E-state index < -0.39 is 0 Å². The van der Waals surface area contributed by atoms with E-state index in [9.17, 15) is 4.79 Å². The highest BCUT2D eigenvalue weighted by Crippen LogP contribution is 2.22. The van der Waals surface area contributed by atoms with Crippen LogP contribution in [0.25, 0.3) is 5.65 Å². The molecular weight excluding hydrogens is 458 g/mol. The summed E-state index contributed by atoms with van der Waals surface area (Å²) >= 11 is 0. The maximum Gasteiger partial charge on any atom is 0.336 e. The van der Waals surface area contributed by atoms with Crippen molar-refractivity contribution in [3.63, 3.8) is 0 Å². The lowest BCUT2D eigenvalue weighted by Gasteiger charge is -2.36. The normalized spacial score (nSPS) is 15.1. The number of piperazine rings is 1. The summed E-state index contributed by atoms with van der Waals surface area (Å²) in [5.74, 6) is 1.43. The minimum absolute atomic E-state index is 0.00573. The number of nitrogens with two attached hydrogens (primary N) is 1. The number of carbonyl (C=O) groups is 1. The molecule has 36 heavy (non-hydrogen) atoms. The highest BCUT2D eigenvalue weighted by atomic mass is 16.5. The number of aryl methyl sites for hydroxylation is 1. The molecule has 1 aliphatic rings. The molecule has 1 atom stereocenters. The lowest BCUT2D eigenvalue weighted by Crippen LogP contribution is -2.51. The summed E-state index contributed by atoms with van der Waals surface area (Å²) in [7, 11) is 3.83. The molecule has 0 aromatic carbocycles. The number of likely N-dealkylation sites (N-methyl/N-ethyl adjacent to an activating group) is 1. The van der Waals surface area contributed by atoms with E-state index in [1.165, 1.54) is 0 Å². The summed E-state index contributed by atoms with van der Waals surface area (Å²) in [4.78, 5) is 31.9. The van der Waals surface area contributed by atoms with Gasteiger partial charge in [0.05, 0.1) is 24.5 Å². The summed E-state index contributed by atoms with van der Waals surface area (Å²) in [5.41, 5.74) is 9.68. The third-order valence-electron chi connectivity index (χ3n) is 6.32. The molecule has 2 N–H and O–H groups in total. The van der Waals surface area contributed by atoms with Crippen LogP contribution in [0.5, 0.6) is 6.01 Å². The van der Waals surface area contributed by atoms with Crippen LogP contribution in [0.2, 0.25) is 0 Å². The van der Waals surface area contributed by atoms with Crippen LogP contribution in [0.1, 0.15) is 43.5 Å². The number of ether oxygens (including phenoxy) is 1. The van der Waals surface area contributed by atoms with Gasteiger partial charge in [0.15, 0.2) is 11.5 Å². The molecule has 0 bridgehead atoms. The van der Waals surface area contributed by atoms with Gasteiger partial charge in [0.25, 0.3) is 0 Å². The monoisotopic (exact) mass is 495 g/mol. The predicted octanol–water partition coefficient (Wildman–Crippen LogP) is 1.78. The van der Waals surface area contributed by atoms with Gasteiger partial charge in [-0.25, -0.2) is 14.5 Å². The number of hydrogen-bond donors (Lipinski definition) is 1. The molecule has 11 heteroatoms. The first-order chi connectivity index (χ1) is 17.2. The van der Waals surface area contributed by atoms with Crippen LogP contribution in [0.4, 0.5) is 11.6 Å². The second-order valence-electron chi connectivity index (χ2n) is 9.75. The number of rotatable bonds is 9. The Morgan fingerprint density at radius 1 is 1.19 bits per heavy atom. The number of aromatic nitrogens is 5. The Hall–Kier alpha value is -3.47. The molecule has 0 aliphatic carbocycles. The zero-order chi connectivity index (χ0) is 25.8. The number of nitrogen functional groups attached to an aromatic ring is 1. The van der Waals surface area contributed by atoms with Crippen LogP contribution in [0.3, 0.4) is 0 Å². The average Bonchev–Trinajstić information content (AvgIpc) is 3.22. The summed E-state index contributed by atoms with van der Waals surface area (Å²) in [6, 6.07) is 2.41. The molecule has 3 aromatic rings. The number of carbonyl (C=O) groups excluding carboxylic acids is 1. The molecule has 4 rings (SSSR count). The molecule has 1 aliphatic heterocycles. The first kappa shape index (κ1) is 25.6. The number of nitrogens with zero attached hydrogens (tertiary/aromatic N) is 8. The van der Waals surface area contributed by atoms with E-state index in [2.05, 4.69) is 39.9 Å². The van der Waals surface area contributed by atoms with E-state index in [1.54, 1.807) is 10.7 Å². The van der Waals surface area contributed by atoms with Gasteiger partial charge in [-0.1, -0.05) is 19.4 Å². The quantitative estimate of drug-likeness (QED) is 0.474. The predicted molar refractivity (Wildman–Crippen MR) is 139 cm³/mol. The maximum absolute atomic E-state index is 12.3. The van der Waals surface area contributed by atoms with Gasteiger partial charge in [-0.2, -0.15) is 4.98 Å². The van der Waals surface area contributed by atoms with Crippen LogP contribution in [0.15, 0.2) is 18.5 Å². The Morgan fingerprint density at radius 3 is 2.61 bits per heavy atom. The number of anilines is 2. The molecular formula is C25H37N9O2. The summed E-state index contributed by atoms with van der Waals surface area (Å²) in [5, 5.41) is 4.54. The fraction of sp³-hybridized carbons (Fsp3) is 0.560. The minimum atomic E-state index is 0.00573. The van der Waals surface area contributed by atoms with Gasteiger partial charge in [-0.3, -0.25) is 4.79 Å². The van der Waals surface area contributed by atoms with Gasteiger partial charge in [-0.15, -0.1) is 5.10 Å². The van der Waals surface area contributed by atoms with Crippen LogP contribution < -0.4 is 15.4 Å². The molecule has 1 fully saturated rings. The van der Waals surface area contributed by atoms with Crippen molar-refractivity contribution in [1.29, 1.82) is 0 Å². The van der Waals surface area contributed by atoms with Crippen LogP contribution in [0, 0.1) is 6.92 Å². The lowest BCUT2D eigenvalue weighted by atomic mass is 10.1. The van der Waals surface area contributed by atoms with E-state index in [0.717, 1.165) is 48.6 Å². The van der Waals surface area contributed by atoms with Gasteiger partial charge in [-0.05, 0) is 45.5 Å². The van der Waals surface area contributed by atoms with Gasteiger partial charge < -0.3 is 25.2 Å². The smallest absolute Gasteiger partial charge is 0.336 e. The topological polar surface area (TPSA) is 118 Å². The molecule has 11 nitrogen and oxygen atoms in total. The third kappa shape index (κ3) is 5.84. The molecule has 3 aromatic heterocycles. The van der Waals surface area contributed by atoms with E-state index in [0.29, 0.717) is 37.5 Å². The molecule has 0 unspecified atom stereocenters. The first-order valence-corrected chi connectivity index (χ1v) is 12.5. The molecule has 0 spiro atoms. The van der Waals surface area contributed by atoms with Crippen molar-refractivity contribution in [3.05, 3.63) is 35.3 Å². The third-order valence-corrected chi connectivity index (χ3v) is 6.32. The van der Waals surface area contributed by atoms with Crippen LogP contribution >= 0.6 is 0 Å². The second kappa shape index (κ2) is 11.1. The van der Waals surface area contributed by atoms with Gasteiger partial charge >= 0.3 is 6.01 Å². The Balaban J connectivity index is 1.46. The zero-order valence-corrected chi connectivity index (χ0v) is 21.9. The molecule has 1 amide bonds. The largest absolute Gasteiger partial charge is 0.459 e. The van der Waals surface area contributed by atoms with Crippen molar-refractivity contribution in [2.24, 2.45) is 0 Å². The lowest BCUT2D eigenvalue weighted by molar-refractivity contribution is -0.132. The standard InChI is InChI=1S/C25H37N9O2/c1-6-7-18(3)36-25-29-22(26)24-28-15-20(34(24)30-25)13-19-12-17(2)23(27-14-19)33-10-8-32(9-11-33)21(35)16-31(4)5/h12,14-15,18H,6-11,13,16H2,1-5H3,(H2,26,29,30)/t18-/m0/s1. The molecule has 1 saturated heterocycles. The van der Waals surface area contributed by atoms with Gasteiger partial charge in [0.2, 0.25) is 5.91 Å². The molecule has 0 saturated carbocycles. The molecule has 194 valence electrons. The fourth-order valence-electron chi connectivity index (χ4n) is 4.54. The van der Waals surface area contributed by atoms with Crippen molar-refractivity contribution in [2.45, 2.75) is 46.1 Å². The highest BCUT2D eigenvalue weighted by Gasteiger charge is 2.23. The van der Waals surface area contributed by atoms with Gasteiger partial charge in [0.1, 0.15) is 5.82 Å². The average molecular weight is 496 g/mol. The van der Waals surface area contributed by atoms with Crippen molar-refractivity contribution in [3.8, 4) is 6.01 Å². The highest BCUT2D eigenvalue weighted by molar-refractivity contribution is 5.78. The molecule has 0 radical (unpaired) electrons. The number of fused-ring (bicyclic) bond motifs is 1. The number of imidazole rings is 1. The fourth-order valence-corrected chi connectivity index (χ4v) is 4.54. The zero-order valence-electron chi connectivity index (χ0n) is 21.9. The van der Waals surface area contributed by atoms with E-state index in [1.807, 2.05) is 37.0 Å². The summed E-state index contributed by atoms with van der Waals surface area (Å²) in [6.07, 6.45) is 6.20. The Kier molecular flexibility index (Phi) is 7.88. The van der Waals surface area contributed by atoms with E-state index >= 15 is 0 Å². The Bertz CT molecular complexity index is 1200. The van der Waals surface area contributed by atoms with Crippen molar-refractivity contribution in [1.82, 2.24) is 34.4 Å². The second-order valence-corrected chi connectivity index (χ2v) is 9.75. The summed E-state index contributed by atoms with van der Waals surface area (Å²) in [6.45, 7) is 9.59. The van der Waals surface area contributed by atoms with E-state index in [4.69, 9.17) is 15.5 Å². The Morgan fingerprint density at radius 2 is 1.94 bits per heavy atom. The molecule has 4 heterocycles. The summed E-state index contributed by atoms with van der Waals surface area (Å²) < 4.78 is 7.58. The van der Waals surface area contributed by atoms with Crippen molar-refractivity contribution < 1.29 is 9.53 Å². The number of pyridine rings is 1. The maximum atomic E-state index is 12.3. The Labute approximate surface area is 212 Å². The minimum Gasteiger partial charge on any atom is -0.459 e. The van der Waals surface area contributed by atoms with Crippen LogP contribution in [-0.2, 0) is 11.2 Å².